The van der Waals surface area contributed by atoms with Crippen LogP contribution in [0.4, 0.5) is 0 Å². The molecular weight excluding hydrogens is 324 g/mol. The first kappa shape index (κ1) is 19.8. The molecule has 0 fully saturated rings. The van der Waals surface area contributed by atoms with Crippen LogP contribution in [0.25, 0.3) is 0 Å². The zero-order chi connectivity index (χ0) is 19.4. The van der Waals surface area contributed by atoms with Crippen molar-refractivity contribution >= 4 is 5.97 Å². The molecule has 0 aliphatic carbocycles. The summed E-state index contributed by atoms with van der Waals surface area (Å²) in [6, 6.07) is 8.05. The molecule has 2 rings (SSSR count). The minimum Gasteiger partial charge on any atom is -0.507 e. The van der Waals surface area contributed by atoms with Gasteiger partial charge in [-0.15, -0.1) is 0 Å². The number of phenols is 1. The van der Waals surface area contributed by atoms with Crippen molar-refractivity contribution in [3.05, 3.63) is 70.3 Å². The number of aromatic hydroxyl groups is 1. The van der Waals surface area contributed by atoms with Crippen LogP contribution >= 0.6 is 0 Å². The van der Waals surface area contributed by atoms with Gasteiger partial charge in [0.25, 0.3) is 0 Å². The fourth-order valence-electron chi connectivity index (χ4n) is 3.55. The Kier molecular flexibility index (Phi) is 6.25. The largest absolute Gasteiger partial charge is 0.507 e. The zero-order valence-electron chi connectivity index (χ0n) is 16.3. The second-order valence-electron chi connectivity index (χ2n) is 6.99. The number of esters is 1. The maximum absolute atomic E-state index is 11.9. The summed E-state index contributed by atoms with van der Waals surface area (Å²) in [7, 11) is 0. The molecule has 3 heteroatoms. The SMILES string of the molecule is C=CC(=O)Oc1c(C)cc(C)cc1C(CCC)c1cc(C)cc(C)c1O. The molecule has 0 radical (unpaired) electrons. The van der Waals surface area contributed by atoms with Crippen molar-refractivity contribution in [1.29, 1.82) is 0 Å². The van der Waals surface area contributed by atoms with E-state index in [1.807, 2.05) is 45.9 Å². The molecule has 1 unspecified atom stereocenters. The molecule has 0 aromatic heterocycles. The molecule has 1 atom stereocenters. The zero-order valence-corrected chi connectivity index (χ0v) is 16.3. The monoisotopic (exact) mass is 352 g/mol. The van der Waals surface area contributed by atoms with Gasteiger partial charge < -0.3 is 9.84 Å². The van der Waals surface area contributed by atoms with E-state index in [1.54, 1.807) is 0 Å². The Morgan fingerprint density at radius 3 is 2.23 bits per heavy atom. The highest BCUT2D eigenvalue weighted by Crippen LogP contribution is 2.42. The van der Waals surface area contributed by atoms with E-state index in [-0.39, 0.29) is 5.92 Å². The molecule has 138 valence electrons. The van der Waals surface area contributed by atoms with E-state index in [9.17, 15) is 9.90 Å². The second kappa shape index (κ2) is 8.22. The van der Waals surface area contributed by atoms with Crippen molar-refractivity contribution < 1.29 is 14.6 Å². The Morgan fingerprint density at radius 1 is 1.08 bits per heavy atom. The topological polar surface area (TPSA) is 46.5 Å². The summed E-state index contributed by atoms with van der Waals surface area (Å²) in [4.78, 5) is 11.9. The Morgan fingerprint density at radius 2 is 1.65 bits per heavy atom. The third-order valence-corrected chi connectivity index (χ3v) is 4.62. The van der Waals surface area contributed by atoms with E-state index in [0.717, 1.165) is 46.2 Å². The van der Waals surface area contributed by atoms with Gasteiger partial charge in [0.1, 0.15) is 11.5 Å². The van der Waals surface area contributed by atoms with Gasteiger partial charge in [0, 0.05) is 23.1 Å². The minimum absolute atomic E-state index is 0.0511. The maximum atomic E-state index is 11.9. The first-order chi connectivity index (χ1) is 12.3. The lowest BCUT2D eigenvalue weighted by Gasteiger charge is -2.24. The predicted octanol–water partition coefficient (Wildman–Crippen LogP) is 5.65. The molecule has 26 heavy (non-hydrogen) atoms. The number of hydrogen-bond donors (Lipinski definition) is 1. The summed E-state index contributed by atoms with van der Waals surface area (Å²) in [5.41, 5.74) is 5.77. The van der Waals surface area contributed by atoms with Gasteiger partial charge in [0.15, 0.2) is 0 Å². The summed E-state index contributed by atoms with van der Waals surface area (Å²) < 4.78 is 5.59. The van der Waals surface area contributed by atoms with Crippen molar-refractivity contribution in [1.82, 2.24) is 0 Å². The quantitative estimate of drug-likeness (QED) is 0.415. The van der Waals surface area contributed by atoms with Crippen LogP contribution in [0.5, 0.6) is 11.5 Å². The summed E-state index contributed by atoms with van der Waals surface area (Å²) in [6.07, 6.45) is 2.96. The fourth-order valence-corrected chi connectivity index (χ4v) is 3.55. The summed E-state index contributed by atoms with van der Waals surface area (Å²) in [5, 5.41) is 10.7. The molecule has 2 aromatic rings. The molecule has 0 heterocycles. The van der Waals surface area contributed by atoms with Gasteiger partial charge in [0.2, 0.25) is 0 Å². The van der Waals surface area contributed by atoms with Crippen LogP contribution in [0.1, 0.15) is 59.1 Å². The van der Waals surface area contributed by atoms with Crippen molar-refractivity contribution in [3.63, 3.8) is 0 Å². The van der Waals surface area contributed by atoms with Crippen LogP contribution in [-0.2, 0) is 4.79 Å². The molecular formula is C23H28O3. The van der Waals surface area contributed by atoms with E-state index >= 15 is 0 Å². The summed E-state index contributed by atoms with van der Waals surface area (Å²) in [5.74, 6) is 0.356. The molecule has 0 aliphatic heterocycles. The first-order valence-electron chi connectivity index (χ1n) is 9.04. The molecule has 2 aromatic carbocycles. The van der Waals surface area contributed by atoms with Gasteiger partial charge in [-0.05, 0) is 45.2 Å². The first-order valence-corrected chi connectivity index (χ1v) is 9.04. The van der Waals surface area contributed by atoms with E-state index in [2.05, 4.69) is 19.6 Å². The van der Waals surface area contributed by atoms with Crippen molar-refractivity contribution in [2.24, 2.45) is 0 Å². The lowest BCUT2D eigenvalue weighted by molar-refractivity contribution is -0.129. The number of carbonyl (C=O) groups excluding carboxylic acids is 1. The number of carbonyl (C=O) groups is 1. The van der Waals surface area contributed by atoms with Gasteiger partial charge in [-0.1, -0.05) is 55.3 Å². The number of benzene rings is 2. The molecule has 0 aliphatic rings. The van der Waals surface area contributed by atoms with E-state index in [0.29, 0.717) is 11.5 Å². The Balaban J connectivity index is 2.71. The van der Waals surface area contributed by atoms with E-state index in [4.69, 9.17) is 4.74 Å². The Hall–Kier alpha value is -2.55. The van der Waals surface area contributed by atoms with Crippen LogP contribution in [0, 0.1) is 27.7 Å². The van der Waals surface area contributed by atoms with Crippen molar-refractivity contribution in [2.75, 3.05) is 0 Å². The highest BCUT2D eigenvalue weighted by molar-refractivity contribution is 5.84. The minimum atomic E-state index is -0.474. The molecule has 0 spiro atoms. The van der Waals surface area contributed by atoms with Gasteiger partial charge in [-0.25, -0.2) is 4.79 Å². The molecule has 3 nitrogen and oxygen atoms in total. The predicted molar refractivity (Wildman–Crippen MR) is 106 cm³/mol. The smallest absolute Gasteiger partial charge is 0.335 e. The van der Waals surface area contributed by atoms with E-state index < -0.39 is 5.97 Å². The van der Waals surface area contributed by atoms with Gasteiger partial charge in [-0.3, -0.25) is 0 Å². The number of phenolic OH excluding ortho intramolecular Hbond substituents is 1. The normalized spacial score (nSPS) is 11.9. The van der Waals surface area contributed by atoms with Gasteiger partial charge >= 0.3 is 5.97 Å². The molecule has 1 N–H and O–H groups in total. The van der Waals surface area contributed by atoms with Crippen LogP contribution in [0.3, 0.4) is 0 Å². The third kappa shape index (κ3) is 4.16. The van der Waals surface area contributed by atoms with Crippen LogP contribution in [-0.4, -0.2) is 11.1 Å². The van der Waals surface area contributed by atoms with Crippen molar-refractivity contribution in [3.8, 4) is 11.5 Å². The standard InChI is InChI=1S/C23H28O3/c1-7-9-18(19-12-14(3)10-16(5)22(19)25)20-13-15(4)11-17(6)23(20)26-21(24)8-2/h8,10-13,18,25H,2,7,9H2,1,3-6H3. The lowest BCUT2D eigenvalue weighted by atomic mass is 9.83. The Labute approximate surface area is 156 Å². The summed E-state index contributed by atoms with van der Waals surface area (Å²) >= 11 is 0. The van der Waals surface area contributed by atoms with Gasteiger partial charge in [-0.2, -0.15) is 0 Å². The average molecular weight is 352 g/mol. The number of aryl methyl sites for hydroxylation is 4. The van der Waals surface area contributed by atoms with Crippen LogP contribution in [0.15, 0.2) is 36.9 Å². The number of ether oxygens (including phenoxy) is 1. The molecule has 0 saturated carbocycles. The second-order valence-corrected chi connectivity index (χ2v) is 6.99. The molecule has 0 bridgehead atoms. The average Bonchev–Trinajstić information content (AvgIpc) is 2.58. The number of hydrogen-bond acceptors (Lipinski definition) is 3. The van der Waals surface area contributed by atoms with Crippen LogP contribution in [0.2, 0.25) is 0 Å². The lowest BCUT2D eigenvalue weighted by Crippen LogP contribution is -2.11. The Bertz CT molecular complexity index is 834. The highest BCUT2D eigenvalue weighted by atomic mass is 16.5. The van der Waals surface area contributed by atoms with Gasteiger partial charge in [0.05, 0.1) is 0 Å². The third-order valence-electron chi connectivity index (χ3n) is 4.62. The highest BCUT2D eigenvalue weighted by Gasteiger charge is 2.24. The maximum Gasteiger partial charge on any atom is 0.335 e. The summed E-state index contributed by atoms with van der Waals surface area (Å²) in [6.45, 7) is 13.5. The molecule has 0 saturated heterocycles. The number of rotatable bonds is 6. The van der Waals surface area contributed by atoms with Crippen LogP contribution < -0.4 is 4.74 Å². The molecule has 0 amide bonds. The van der Waals surface area contributed by atoms with E-state index in [1.165, 1.54) is 6.08 Å². The van der Waals surface area contributed by atoms with Crippen molar-refractivity contribution in [2.45, 2.75) is 53.4 Å². The fraction of sp³-hybridized carbons (Fsp3) is 0.348.